The van der Waals surface area contributed by atoms with Gasteiger partial charge in [-0.3, -0.25) is 0 Å². The van der Waals surface area contributed by atoms with E-state index in [4.69, 9.17) is 21.3 Å². The summed E-state index contributed by atoms with van der Waals surface area (Å²) in [6, 6.07) is 6.91. The molecule has 1 unspecified atom stereocenters. The monoisotopic (exact) mass is 435 g/mol. The van der Waals surface area contributed by atoms with Crippen LogP contribution in [0.5, 0.6) is 0 Å². The van der Waals surface area contributed by atoms with Crippen molar-refractivity contribution in [3.05, 3.63) is 41.3 Å². The Morgan fingerprint density at radius 1 is 1.21 bits per heavy atom. The highest BCUT2D eigenvalue weighted by atomic mass is 35.5. The van der Waals surface area contributed by atoms with Gasteiger partial charge in [-0.15, -0.1) is 0 Å². The van der Waals surface area contributed by atoms with Crippen LogP contribution in [0.3, 0.4) is 0 Å². The lowest BCUT2D eigenvalue weighted by molar-refractivity contribution is 0.177. The lowest BCUT2D eigenvalue weighted by atomic mass is 10.1. The van der Waals surface area contributed by atoms with Crippen LogP contribution in [0.4, 0.5) is 0 Å². The Labute approximate surface area is 176 Å². The van der Waals surface area contributed by atoms with E-state index in [0.717, 1.165) is 47.4 Å². The molecule has 1 atom stereocenters. The Kier molecular flexibility index (Phi) is 6.61. The minimum Gasteiger partial charge on any atom is -0.385 e. The molecule has 2 aromatic heterocycles. The van der Waals surface area contributed by atoms with E-state index in [1.807, 2.05) is 6.07 Å². The number of hydrogen-bond acceptors (Lipinski definition) is 5. The van der Waals surface area contributed by atoms with Crippen LogP contribution in [0, 0.1) is 0 Å². The molecule has 0 saturated carbocycles. The lowest BCUT2D eigenvalue weighted by Crippen LogP contribution is -2.14. The maximum atomic E-state index is 11.8. The molecule has 0 aliphatic rings. The zero-order chi connectivity index (χ0) is 21.2. The molecule has 0 radical (unpaired) electrons. The van der Waals surface area contributed by atoms with Gasteiger partial charge < -0.3 is 9.30 Å². The second-order valence-electron chi connectivity index (χ2n) is 7.04. The molecule has 0 N–H and O–H groups in total. The number of pyridine rings is 1. The smallest absolute Gasteiger partial charge is 0.175 e. The molecular formula is C21H26ClN3O3S. The highest BCUT2D eigenvalue weighted by Gasteiger charge is 2.21. The standard InChI is InChI=1S/C21H26ClN3O3S/c1-5-14(10-12-28-3)25-19(6-2)24-20-17(9-11-23-21(20)25)16-8-7-15(13-18(16)22)29(4,26)27/h7-9,11,13-14H,5-6,10,12H2,1-4H3. The fraction of sp³-hybridized carbons (Fsp3) is 0.429. The van der Waals surface area contributed by atoms with E-state index in [2.05, 4.69) is 23.4 Å². The van der Waals surface area contributed by atoms with Gasteiger partial charge in [-0.05, 0) is 31.0 Å². The predicted octanol–water partition coefficient (Wildman–Crippen LogP) is 4.71. The molecule has 156 valence electrons. The second kappa shape index (κ2) is 8.81. The van der Waals surface area contributed by atoms with E-state index >= 15 is 0 Å². The fourth-order valence-corrected chi connectivity index (χ4v) is 4.59. The Morgan fingerprint density at radius 2 is 1.97 bits per heavy atom. The number of hydrogen-bond donors (Lipinski definition) is 0. The average Bonchev–Trinajstić information content (AvgIpc) is 3.07. The third-order valence-corrected chi connectivity index (χ3v) is 6.54. The van der Waals surface area contributed by atoms with Crippen LogP contribution in [-0.4, -0.2) is 42.9 Å². The number of fused-ring (bicyclic) bond motifs is 1. The van der Waals surface area contributed by atoms with Gasteiger partial charge in [0, 0.05) is 54.8 Å². The molecule has 3 aromatic rings. The SMILES string of the molecule is CCc1nc2c(-c3ccc(S(C)(=O)=O)cc3Cl)ccnc2n1C(CC)CCOC. The van der Waals surface area contributed by atoms with Gasteiger partial charge in [0.25, 0.3) is 0 Å². The van der Waals surface area contributed by atoms with Crippen molar-refractivity contribution in [2.45, 2.75) is 44.0 Å². The second-order valence-corrected chi connectivity index (χ2v) is 9.46. The van der Waals surface area contributed by atoms with Crippen molar-refractivity contribution in [1.29, 1.82) is 0 Å². The maximum Gasteiger partial charge on any atom is 0.175 e. The first-order valence-corrected chi connectivity index (χ1v) is 11.9. The Morgan fingerprint density at radius 3 is 2.55 bits per heavy atom. The third kappa shape index (κ3) is 4.32. The van der Waals surface area contributed by atoms with Gasteiger partial charge in [0.2, 0.25) is 0 Å². The van der Waals surface area contributed by atoms with Crippen molar-refractivity contribution >= 4 is 32.6 Å². The number of aromatic nitrogens is 3. The third-order valence-electron chi connectivity index (χ3n) is 5.12. The molecular weight excluding hydrogens is 410 g/mol. The molecule has 0 saturated heterocycles. The minimum atomic E-state index is -3.33. The molecule has 0 fully saturated rings. The number of ether oxygens (including phenoxy) is 1. The summed E-state index contributed by atoms with van der Waals surface area (Å²) < 4.78 is 31.2. The minimum absolute atomic E-state index is 0.196. The van der Waals surface area contributed by atoms with Gasteiger partial charge in [0.05, 0.1) is 4.90 Å². The predicted molar refractivity (Wildman–Crippen MR) is 116 cm³/mol. The summed E-state index contributed by atoms with van der Waals surface area (Å²) in [5, 5.41) is 0.374. The van der Waals surface area contributed by atoms with Crippen LogP contribution < -0.4 is 0 Å². The fourth-order valence-electron chi connectivity index (χ4n) is 3.60. The average molecular weight is 436 g/mol. The van der Waals surface area contributed by atoms with E-state index in [1.165, 1.54) is 12.3 Å². The largest absolute Gasteiger partial charge is 0.385 e. The van der Waals surface area contributed by atoms with Crippen LogP contribution in [0.2, 0.25) is 5.02 Å². The number of halogens is 1. The van der Waals surface area contributed by atoms with Crippen molar-refractivity contribution in [2.75, 3.05) is 20.0 Å². The molecule has 2 heterocycles. The summed E-state index contributed by atoms with van der Waals surface area (Å²) in [7, 11) is -1.62. The normalized spacial score (nSPS) is 13.1. The van der Waals surface area contributed by atoms with Crippen LogP contribution in [0.15, 0.2) is 35.4 Å². The molecule has 3 rings (SSSR count). The highest BCUT2D eigenvalue weighted by molar-refractivity contribution is 7.90. The molecule has 0 spiro atoms. The summed E-state index contributed by atoms with van der Waals surface area (Å²) in [6.07, 6.45) is 5.51. The number of nitrogens with zero attached hydrogens (tertiary/aromatic N) is 3. The first-order valence-electron chi connectivity index (χ1n) is 9.66. The zero-order valence-electron chi connectivity index (χ0n) is 17.1. The zero-order valence-corrected chi connectivity index (χ0v) is 18.7. The highest BCUT2D eigenvalue weighted by Crippen LogP contribution is 2.35. The molecule has 0 aliphatic heterocycles. The van der Waals surface area contributed by atoms with Gasteiger partial charge in [0.1, 0.15) is 11.3 Å². The van der Waals surface area contributed by atoms with Gasteiger partial charge in [-0.25, -0.2) is 18.4 Å². The number of benzene rings is 1. The first kappa shape index (κ1) is 21.7. The van der Waals surface area contributed by atoms with Crippen molar-refractivity contribution in [1.82, 2.24) is 14.5 Å². The topological polar surface area (TPSA) is 74.1 Å². The number of sulfone groups is 1. The number of rotatable bonds is 8. The molecule has 0 aliphatic carbocycles. The molecule has 29 heavy (non-hydrogen) atoms. The lowest BCUT2D eigenvalue weighted by Gasteiger charge is -2.19. The van der Waals surface area contributed by atoms with Crippen molar-refractivity contribution in [3.63, 3.8) is 0 Å². The van der Waals surface area contributed by atoms with Crippen molar-refractivity contribution in [2.24, 2.45) is 0 Å². The van der Waals surface area contributed by atoms with Gasteiger partial charge in [-0.2, -0.15) is 0 Å². The molecule has 6 nitrogen and oxygen atoms in total. The van der Waals surface area contributed by atoms with Crippen LogP contribution in [0.1, 0.15) is 38.6 Å². The van der Waals surface area contributed by atoms with Gasteiger partial charge in [-0.1, -0.05) is 31.5 Å². The van der Waals surface area contributed by atoms with E-state index in [9.17, 15) is 8.42 Å². The Bertz CT molecular complexity index is 1130. The number of imidazole rings is 1. The Balaban J connectivity index is 2.19. The molecule has 0 bridgehead atoms. The maximum absolute atomic E-state index is 11.8. The molecule has 1 aromatic carbocycles. The summed E-state index contributed by atoms with van der Waals surface area (Å²) in [4.78, 5) is 9.70. The van der Waals surface area contributed by atoms with Crippen molar-refractivity contribution < 1.29 is 13.2 Å². The first-order chi connectivity index (χ1) is 13.8. The summed E-state index contributed by atoms with van der Waals surface area (Å²) in [5.41, 5.74) is 3.17. The van der Waals surface area contributed by atoms with E-state index in [0.29, 0.717) is 11.6 Å². The van der Waals surface area contributed by atoms with Gasteiger partial charge in [0.15, 0.2) is 15.5 Å². The summed E-state index contributed by atoms with van der Waals surface area (Å²) in [6.45, 7) is 4.89. The van der Waals surface area contributed by atoms with Crippen LogP contribution >= 0.6 is 11.6 Å². The summed E-state index contributed by atoms with van der Waals surface area (Å²) >= 11 is 6.47. The van der Waals surface area contributed by atoms with Crippen molar-refractivity contribution in [3.8, 4) is 11.1 Å². The molecule has 8 heteroatoms. The van der Waals surface area contributed by atoms with Crippen LogP contribution in [0.25, 0.3) is 22.3 Å². The van der Waals surface area contributed by atoms with E-state index in [-0.39, 0.29) is 10.9 Å². The number of methoxy groups -OCH3 is 1. The van der Waals surface area contributed by atoms with Gasteiger partial charge >= 0.3 is 0 Å². The summed E-state index contributed by atoms with van der Waals surface area (Å²) in [5.74, 6) is 0.965. The quantitative estimate of drug-likeness (QED) is 0.512. The van der Waals surface area contributed by atoms with E-state index < -0.39 is 9.84 Å². The Hall–Kier alpha value is -1.96. The van der Waals surface area contributed by atoms with E-state index in [1.54, 1.807) is 25.4 Å². The van der Waals surface area contributed by atoms with Crippen LogP contribution in [-0.2, 0) is 21.0 Å². The molecule has 0 amide bonds. The number of aryl methyl sites for hydroxylation is 1.